The molecule has 0 aliphatic carbocycles. The van der Waals surface area contributed by atoms with Crippen LogP contribution in [0, 0.1) is 11.7 Å². The van der Waals surface area contributed by atoms with E-state index in [1.807, 2.05) is 30.3 Å². The van der Waals surface area contributed by atoms with Crippen LogP contribution in [0.2, 0.25) is 0 Å². The van der Waals surface area contributed by atoms with Gasteiger partial charge in [-0.25, -0.2) is 4.39 Å². The number of hydrogen-bond donors (Lipinski definition) is 2. The summed E-state index contributed by atoms with van der Waals surface area (Å²) in [5, 5.41) is 5.41. The highest BCUT2D eigenvalue weighted by molar-refractivity contribution is 6.01. The minimum absolute atomic E-state index is 0.0154. The molecule has 3 rings (SSSR count). The van der Waals surface area contributed by atoms with Gasteiger partial charge < -0.3 is 15.5 Å². The number of carbonyl (C=O) groups is 3. The first-order valence-electron chi connectivity index (χ1n) is 9.12. The fourth-order valence-corrected chi connectivity index (χ4v) is 3.12. The number of hydrogen-bond acceptors (Lipinski definition) is 3. The van der Waals surface area contributed by atoms with E-state index < -0.39 is 23.7 Å². The molecule has 2 aromatic rings. The van der Waals surface area contributed by atoms with E-state index >= 15 is 0 Å². The molecule has 3 amide bonds. The van der Waals surface area contributed by atoms with Gasteiger partial charge in [0.15, 0.2) is 0 Å². The Morgan fingerprint density at radius 2 is 1.82 bits per heavy atom. The summed E-state index contributed by atoms with van der Waals surface area (Å²) in [5.41, 5.74) is 1.12. The van der Waals surface area contributed by atoms with Crippen molar-refractivity contribution in [3.63, 3.8) is 0 Å². The van der Waals surface area contributed by atoms with Gasteiger partial charge in [-0.1, -0.05) is 42.5 Å². The van der Waals surface area contributed by atoms with E-state index in [-0.39, 0.29) is 30.5 Å². The average Bonchev–Trinajstić information content (AvgIpc) is 3.09. The van der Waals surface area contributed by atoms with Gasteiger partial charge in [-0.15, -0.1) is 0 Å². The van der Waals surface area contributed by atoms with E-state index in [0.29, 0.717) is 6.54 Å². The molecule has 6 nitrogen and oxygen atoms in total. The highest BCUT2D eigenvalue weighted by atomic mass is 19.1. The van der Waals surface area contributed by atoms with Crippen LogP contribution in [0.3, 0.4) is 0 Å². The number of amides is 3. The minimum atomic E-state index is -0.742. The second-order valence-electron chi connectivity index (χ2n) is 6.79. The van der Waals surface area contributed by atoms with Crippen molar-refractivity contribution in [3.05, 3.63) is 66.0 Å². The minimum Gasteiger partial charge on any atom is -0.350 e. The van der Waals surface area contributed by atoms with E-state index in [1.54, 1.807) is 19.1 Å². The number of nitrogens with one attached hydrogen (secondary N) is 2. The zero-order chi connectivity index (χ0) is 20.1. The normalized spacial score (nSPS) is 17.3. The second-order valence-corrected chi connectivity index (χ2v) is 6.79. The molecule has 1 aliphatic rings. The van der Waals surface area contributed by atoms with Crippen LogP contribution in [0.1, 0.15) is 18.9 Å². The Labute approximate surface area is 162 Å². The molecule has 2 aromatic carbocycles. The molecule has 1 saturated heterocycles. The molecule has 7 heteroatoms. The summed E-state index contributed by atoms with van der Waals surface area (Å²) in [6, 6.07) is 14.7. The molecule has 0 radical (unpaired) electrons. The summed E-state index contributed by atoms with van der Waals surface area (Å²) >= 11 is 0. The van der Waals surface area contributed by atoms with E-state index in [0.717, 1.165) is 5.56 Å². The summed E-state index contributed by atoms with van der Waals surface area (Å²) in [7, 11) is 0. The second kappa shape index (κ2) is 8.65. The first kappa shape index (κ1) is 19.5. The van der Waals surface area contributed by atoms with Gasteiger partial charge in [0.25, 0.3) is 0 Å². The third-order valence-corrected chi connectivity index (χ3v) is 4.70. The van der Waals surface area contributed by atoms with Gasteiger partial charge in [0.2, 0.25) is 17.7 Å². The monoisotopic (exact) mass is 383 g/mol. The van der Waals surface area contributed by atoms with Gasteiger partial charge in [0, 0.05) is 19.5 Å². The predicted octanol–water partition coefficient (Wildman–Crippen LogP) is 2.00. The molecule has 1 heterocycles. The molecule has 146 valence electrons. The number of anilines is 1. The molecule has 2 unspecified atom stereocenters. The number of halogens is 1. The van der Waals surface area contributed by atoms with Crippen LogP contribution in [-0.2, 0) is 20.9 Å². The van der Waals surface area contributed by atoms with Gasteiger partial charge >= 0.3 is 0 Å². The van der Waals surface area contributed by atoms with Crippen molar-refractivity contribution >= 4 is 23.4 Å². The Kier molecular flexibility index (Phi) is 6.03. The summed E-state index contributed by atoms with van der Waals surface area (Å²) in [4.78, 5) is 38.2. The van der Waals surface area contributed by atoms with Crippen LogP contribution < -0.4 is 15.5 Å². The zero-order valence-electron chi connectivity index (χ0n) is 15.5. The smallest absolute Gasteiger partial charge is 0.242 e. The van der Waals surface area contributed by atoms with Crippen molar-refractivity contribution in [2.24, 2.45) is 5.92 Å². The molecule has 0 spiro atoms. The van der Waals surface area contributed by atoms with Gasteiger partial charge in [-0.05, 0) is 24.6 Å². The van der Waals surface area contributed by atoms with Crippen LogP contribution in [0.25, 0.3) is 0 Å². The molecule has 0 aromatic heterocycles. The molecule has 0 saturated carbocycles. The number of carbonyl (C=O) groups excluding carboxylic acids is 3. The Bertz CT molecular complexity index is 872. The van der Waals surface area contributed by atoms with Crippen molar-refractivity contribution in [1.82, 2.24) is 10.6 Å². The number of nitrogens with zero attached hydrogens (tertiary/aromatic N) is 1. The Morgan fingerprint density at radius 3 is 2.54 bits per heavy atom. The van der Waals surface area contributed by atoms with Gasteiger partial charge in [0.05, 0.1) is 11.6 Å². The molecule has 2 atom stereocenters. The Morgan fingerprint density at radius 1 is 1.14 bits per heavy atom. The standard InChI is InChI=1S/C21H22FN3O3/c1-14(20(27)23-12-15-7-3-2-4-8-15)24-21(28)16-11-19(26)25(13-16)18-10-6-5-9-17(18)22/h2-10,14,16H,11-13H2,1H3,(H,23,27)(H,24,28). The quantitative estimate of drug-likeness (QED) is 0.801. The van der Waals surface area contributed by atoms with Gasteiger partial charge in [-0.2, -0.15) is 0 Å². The predicted molar refractivity (Wildman–Crippen MR) is 103 cm³/mol. The summed E-state index contributed by atoms with van der Waals surface area (Å²) in [6.07, 6.45) is -0.0154. The van der Waals surface area contributed by atoms with Crippen molar-refractivity contribution in [2.75, 3.05) is 11.4 Å². The fraction of sp³-hybridized carbons (Fsp3) is 0.286. The maximum atomic E-state index is 13.9. The highest BCUT2D eigenvalue weighted by Crippen LogP contribution is 2.27. The maximum absolute atomic E-state index is 13.9. The zero-order valence-corrected chi connectivity index (χ0v) is 15.5. The van der Waals surface area contributed by atoms with Crippen molar-refractivity contribution in [2.45, 2.75) is 25.9 Å². The van der Waals surface area contributed by atoms with Gasteiger partial charge in [-0.3, -0.25) is 14.4 Å². The number of rotatable bonds is 6. The van der Waals surface area contributed by atoms with Crippen molar-refractivity contribution in [1.29, 1.82) is 0 Å². The molecule has 0 bridgehead atoms. The van der Waals surface area contributed by atoms with Crippen molar-refractivity contribution < 1.29 is 18.8 Å². The van der Waals surface area contributed by atoms with Gasteiger partial charge in [0.1, 0.15) is 11.9 Å². The average molecular weight is 383 g/mol. The van der Waals surface area contributed by atoms with Crippen molar-refractivity contribution in [3.8, 4) is 0 Å². The summed E-state index contributed by atoms with van der Waals surface area (Å²) in [5.74, 6) is -2.16. The molecule has 1 fully saturated rings. The lowest BCUT2D eigenvalue weighted by Crippen LogP contribution is -2.47. The first-order chi connectivity index (χ1) is 13.5. The maximum Gasteiger partial charge on any atom is 0.242 e. The summed E-state index contributed by atoms with van der Waals surface area (Å²) < 4.78 is 13.9. The van der Waals surface area contributed by atoms with Crippen LogP contribution in [-0.4, -0.2) is 30.3 Å². The Balaban J connectivity index is 1.53. The number of para-hydroxylation sites is 1. The first-order valence-corrected chi connectivity index (χ1v) is 9.12. The third-order valence-electron chi connectivity index (χ3n) is 4.70. The molecular formula is C21H22FN3O3. The lowest BCUT2D eigenvalue weighted by atomic mass is 10.1. The highest BCUT2D eigenvalue weighted by Gasteiger charge is 2.36. The summed E-state index contributed by atoms with van der Waals surface area (Å²) in [6.45, 7) is 2.04. The lowest BCUT2D eigenvalue weighted by molar-refractivity contribution is -0.131. The molecule has 28 heavy (non-hydrogen) atoms. The largest absolute Gasteiger partial charge is 0.350 e. The topological polar surface area (TPSA) is 78.5 Å². The van der Waals surface area contributed by atoms with E-state index in [9.17, 15) is 18.8 Å². The number of benzene rings is 2. The van der Waals surface area contributed by atoms with Crippen LogP contribution in [0.4, 0.5) is 10.1 Å². The Hall–Kier alpha value is -3.22. The van der Waals surface area contributed by atoms with Crippen LogP contribution in [0.5, 0.6) is 0 Å². The molecular weight excluding hydrogens is 361 g/mol. The van der Waals surface area contributed by atoms with E-state index in [2.05, 4.69) is 10.6 Å². The molecule has 2 N–H and O–H groups in total. The van der Waals surface area contributed by atoms with E-state index in [1.165, 1.54) is 17.0 Å². The molecule has 1 aliphatic heterocycles. The third kappa shape index (κ3) is 4.54. The fourth-order valence-electron chi connectivity index (χ4n) is 3.12. The van der Waals surface area contributed by atoms with Crippen LogP contribution >= 0.6 is 0 Å². The SMILES string of the molecule is CC(NC(=O)C1CC(=O)N(c2ccccc2F)C1)C(=O)NCc1ccccc1. The van der Waals surface area contributed by atoms with E-state index in [4.69, 9.17) is 0 Å². The van der Waals surface area contributed by atoms with Crippen LogP contribution in [0.15, 0.2) is 54.6 Å². The lowest BCUT2D eigenvalue weighted by Gasteiger charge is -2.19.